The molecule has 204 valence electrons. The highest BCUT2D eigenvalue weighted by Crippen LogP contribution is 2.26. The number of imide groups is 1. The molecular formula is C33H27N3O4S. The van der Waals surface area contributed by atoms with Gasteiger partial charge in [-0.1, -0.05) is 66.2 Å². The zero-order valence-corrected chi connectivity index (χ0v) is 23.1. The molecule has 0 radical (unpaired) electrons. The number of nitrogens with zero attached hydrogens (tertiary/aromatic N) is 1. The van der Waals surface area contributed by atoms with E-state index in [1.807, 2.05) is 55.5 Å². The number of hydrogen-bond acceptors (Lipinski definition) is 5. The zero-order valence-electron chi connectivity index (χ0n) is 22.3. The Bertz CT molecular complexity index is 1630. The van der Waals surface area contributed by atoms with Crippen molar-refractivity contribution in [1.82, 2.24) is 10.2 Å². The summed E-state index contributed by atoms with van der Waals surface area (Å²) in [6.45, 7) is 2.22. The lowest BCUT2D eigenvalue weighted by Crippen LogP contribution is -2.31. The van der Waals surface area contributed by atoms with Crippen molar-refractivity contribution in [2.45, 2.75) is 11.8 Å². The van der Waals surface area contributed by atoms with Gasteiger partial charge in [0.25, 0.3) is 23.6 Å². The van der Waals surface area contributed by atoms with Gasteiger partial charge in [0.1, 0.15) is 5.70 Å². The molecule has 0 fully saturated rings. The maximum Gasteiger partial charge on any atom is 0.272 e. The third-order valence-corrected chi connectivity index (χ3v) is 7.41. The summed E-state index contributed by atoms with van der Waals surface area (Å²) in [5, 5.41) is 5.63. The number of fused-ring (bicyclic) bond motifs is 1. The van der Waals surface area contributed by atoms with E-state index in [0.717, 1.165) is 16.0 Å². The van der Waals surface area contributed by atoms with E-state index in [-0.39, 0.29) is 24.1 Å². The molecular weight excluding hydrogens is 534 g/mol. The summed E-state index contributed by atoms with van der Waals surface area (Å²) in [5.74, 6) is -0.925. The van der Waals surface area contributed by atoms with Gasteiger partial charge in [0, 0.05) is 28.4 Å². The Morgan fingerprint density at radius 3 is 2.20 bits per heavy atom. The van der Waals surface area contributed by atoms with Crippen molar-refractivity contribution >= 4 is 47.2 Å². The number of benzene rings is 4. The predicted octanol–water partition coefficient (Wildman–Crippen LogP) is 5.79. The fraction of sp³-hybridized carbons (Fsp3) is 0.0909. The molecule has 5 rings (SSSR count). The fourth-order valence-electron chi connectivity index (χ4n) is 4.43. The van der Waals surface area contributed by atoms with Gasteiger partial charge in [0.15, 0.2) is 0 Å². The predicted molar refractivity (Wildman–Crippen MR) is 161 cm³/mol. The zero-order chi connectivity index (χ0) is 28.8. The highest BCUT2D eigenvalue weighted by atomic mass is 32.2. The Kier molecular flexibility index (Phi) is 8.41. The van der Waals surface area contributed by atoms with Crippen LogP contribution in [-0.2, 0) is 4.79 Å². The number of aryl methyl sites for hydroxylation is 1. The van der Waals surface area contributed by atoms with E-state index >= 15 is 0 Å². The van der Waals surface area contributed by atoms with E-state index < -0.39 is 11.8 Å². The van der Waals surface area contributed by atoms with Crippen molar-refractivity contribution < 1.29 is 19.2 Å². The van der Waals surface area contributed by atoms with Gasteiger partial charge >= 0.3 is 0 Å². The average Bonchev–Trinajstić information content (AvgIpc) is 3.22. The van der Waals surface area contributed by atoms with Crippen molar-refractivity contribution in [3.63, 3.8) is 0 Å². The van der Waals surface area contributed by atoms with Crippen LogP contribution in [0.5, 0.6) is 0 Å². The Morgan fingerprint density at radius 1 is 0.805 bits per heavy atom. The van der Waals surface area contributed by atoms with E-state index in [4.69, 9.17) is 0 Å². The quantitative estimate of drug-likeness (QED) is 0.153. The number of rotatable bonds is 9. The average molecular weight is 562 g/mol. The highest BCUT2D eigenvalue weighted by molar-refractivity contribution is 7.99. The monoisotopic (exact) mass is 561 g/mol. The summed E-state index contributed by atoms with van der Waals surface area (Å²) in [4.78, 5) is 53.6. The van der Waals surface area contributed by atoms with E-state index in [1.165, 1.54) is 16.7 Å². The second kappa shape index (κ2) is 12.5. The van der Waals surface area contributed by atoms with Crippen LogP contribution in [0.4, 0.5) is 5.69 Å². The third-order valence-electron chi connectivity index (χ3n) is 6.44. The Labute approximate surface area is 242 Å². The number of nitrogens with one attached hydrogen (secondary N) is 2. The van der Waals surface area contributed by atoms with Crippen LogP contribution >= 0.6 is 11.8 Å². The van der Waals surface area contributed by atoms with E-state index in [0.29, 0.717) is 28.1 Å². The first kappa shape index (κ1) is 27.6. The first-order chi connectivity index (χ1) is 19.9. The molecule has 0 aromatic heterocycles. The lowest BCUT2D eigenvalue weighted by Gasteiger charge is -2.14. The van der Waals surface area contributed by atoms with Gasteiger partial charge < -0.3 is 10.6 Å². The number of hydrogen-bond donors (Lipinski definition) is 2. The molecule has 1 heterocycles. The van der Waals surface area contributed by atoms with E-state index in [9.17, 15) is 19.2 Å². The molecule has 0 saturated heterocycles. The van der Waals surface area contributed by atoms with Crippen LogP contribution in [0.15, 0.2) is 114 Å². The molecule has 1 aliphatic heterocycles. The SMILES string of the molecule is Cc1cccc(/C=C(/NC(=O)c2ccccc2)C(=O)Nc2cccc(SCCN3C(=O)c4ccccc4C3=O)c2)c1. The first-order valence-electron chi connectivity index (χ1n) is 13.0. The fourth-order valence-corrected chi connectivity index (χ4v) is 5.32. The largest absolute Gasteiger partial charge is 0.321 e. The lowest BCUT2D eigenvalue weighted by atomic mass is 10.1. The number of anilines is 1. The van der Waals surface area contributed by atoms with Gasteiger partial charge in [-0.2, -0.15) is 0 Å². The van der Waals surface area contributed by atoms with Crippen molar-refractivity contribution in [2.75, 3.05) is 17.6 Å². The minimum absolute atomic E-state index is 0.105. The molecule has 0 spiro atoms. The number of thioether (sulfide) groups is 1. The molecule has 8 heteroatoms. The molecule has 0 aliphatic carbocycles. The Balaban J connectivity index is 1.26. The normalized spacial score (nSPS) is 12.7. The summed E-state index contributed by atoms with van der Waals surface area (Å²) < 4.78 is 0. The second-order valence-electron chi connectivity index (χ2n) is 9.43. The van der Waals surface area contributed by atoms with E-state index in [2.05, 4.69) is 10.6 Å². The Hall–Kier alpha value is -4.95. The summed E-state index contributed by atoms with van der Waals surface area (Å²) in [7, 11) is 0. The molecule has 7 nitrogen and oxygen atoms in total. The van der Waals surface area contributed by atoms with Crippen LogP contribution in [0.1, 0.15) is 42.2 Å². The molecule has 4 aromatic carbocycles. The van der Waals surface area contributed by atoms with Crippen LogP contribution in [0, 0.1) is 6.92 Å². The first-order valence-corrected chi connectivity index (χ1v) is 14.0. The van der Waals surface area contributed by atoms with Gasteiger partial charge in [-0.3, -0.25) is 24.1 Å². The maximum atomic E-state index is 13.4. The van der Waals surface area contributed by atoms with Crippen LogP contribution < -0.4 is 10.6 Å². The minimum Gasteiger partial charge on any atom is -0.321 e. The molecule has 0 saturated carbocycles. The third kappa shape index (κ3) is 6.62. The van der Waals surface area contributed by atoms with Crippen LogP contribution in [0.3, 0.4) is 0 Å². The molecule has 2 N–H and O–H groups in total. The summed E-state index contributed by atoms with van der Waals surface area (Å²) in [6.07, 6.45) is 1.64. The molecule has 41 heavy (non-hydrogen) atoms. The highest BCUT2D eigenvalue weighted by Gasteiger charge is 2.34. The topological polar surface area (TPSA) is 95.6 Å². The van der Waals surface area contributed by atoms with Gasteiger partial charge in [-0.25, -0.2) is 0 Å². The summed E-state index contributed by atoms with van der Waals surface area (Å²) in [5.41, 5.74) is 3.76. The molecule has 1 aliphatic rings. The summed E-state index contributed by atoms with van der Waals surface area (Å²) in [6, 6.07) is 30.4. The van der Waals surface area contributed by atoms with Crippen molar-refractivity contribution in [1.29, 1.82) is 0 Å². The van der Waals surface area contributed by atoms with E-state index in [1.54, 1.807) is 60.7 Å². The molecule has 0 unspecified atom stereocenters. The van der Waals surface area contributed by atoms with Crippen LogP contribution in [0.25, 0.3) is 6.08 Å². The van der Waals surface area contributed by atoms with Crippen molar-refractivity contribution in [3.05, 3.63) is 137 Å². The van der Waals surface area contributed by atoms with Crippen LogP contribution in [-0.4, -0.2) is 40.8 Å². The second-order valence-corrected chi connectivity index (χ2v) is 10.6. The molecule has 0 atom stereocenters. The van der Waals surface area contributed by atoms with Gasteiger partial charge in [-0.15, -0.1) is 11.8 Å². The number of amides is 4. The van der Waals surface area contributed by atoms with Crippen molar-refractivity contribution in [2.24, 2.45) is 0 Å². The van der Waals surface area contributed by atoms with Gasteiger partial charge in [0.05, 0.1) is 11.1 Å². The smallest absolute Gasteiger partial charge is 0.272 e. The lowest BCUT2D eigenvalue weighted by molar-refractivity contribution is -0.113. The Morgan fingerprint density at radius 2 is 1.49 bits per heavy atom. The minimum atomic E-state index is -0.469. The molecule has 4 amide bonds. The van der Waals surface area contributed by atoms with Gasteiger partial charge in [0.2, 0.25) is 0 Å². The maximum absolute atomic E-state index is 13.4. The van der Waals surface area contributed by atoms with Crippen LogP contribution in [0.2, 0.25) is 0 Å². The molecule has 4 aromatic rings. The number of carbonyl (C=O) groups is 4. The van der Waals surface area contributed by atoms with Crippen molar-refractivity contribution in [3.8, 4) is 0 Å². The number of carbonyl (C=O) groups excluding carboxylic acids is 4. The molecule has 0 bridgehead atoms. The summed E-state index contributed by atoms with van der Waals surface area (Å²) >= 11 is 1.47. The standard InChI is InChI=1S/C33H27N3O4S/c1-22-9-7-10-23(19-22)20-29(35-30(37)24-11-3-2-4-12-24)31(38)34-25-13-8-14-26(21-25)41-18-17-36-32(39)27-15-5-6-16-28(27)33(36)40/h2-16,19-21H,17-18H2,1H3,(H,34,38)(H,35,37)/b29-20+. The van der Waals surface area contributed by atoms with Gasteiger partial charge in [-0.05, 0) is 61.0 Å².